The molecule has 0 aliphatic heterocycles. The maximum absolute atomic E-state index is 6.91. The average Bonchev–Trinajstić information content (AvgIpc) is 2.19. The van der Waals surface area contributed by atoms with Crippen LogP contribution in [0.3, 0.4) is 0 Å². The first-order valence-corrected chi connectivity index (χ1v) is 3.96. The van der Waals surface area contributed by atoms with Gasteiger partial charge >= 0.3 is 0 Å². The quantitative estimate of drug-likeness (QED) is 0.533. The van der Waals surface area contributed by atoms with Crippen LogP contribution in [0, 0.1) is 5.41 Å². The van der Waals surface area contributed by atoms with Crippen LogP contribution in [-0.2, 0) is 0 Å². The fourth-order valence-corrected chi connectivity index (χ4v) is 0.978. The molecule has 0 saturated heterocycles. The van der Waals surface area contributed by atoms with Gasteiger partial charge in [-0.1, -0.05) is 36.9 Å². The van der Waals surface area contributed by atoms with E-state index in [0.717, 1.165) is 17.4 Å². The molecule has 1 aromatic rings. The highest BCUT2D eigenvalue weighted by Gasteiger charge is 1.93. The Labute approximate surface area is 77.9 Å². The number of nitrogens with two attached hydrogens (primary N) is 1. The summed E-state index contributed by atoms with van der Waals surface area (Å²) in [5.41, 5.74) is 7.72. The second-order valence-corrected chi connectivity index (χ2v) is 2.68. The summed E-state index contributed by atoms with van der Waals surface area (Å²) in [5.74, 6) is 0. The van der Waals surface area contributed by atoms with Gasteiger partial charge in [-0.2, -0.15) is 0 Å². The molecule has 13 heavy (non-hydrogen) atoms. The Morgan fingerprint density at radius 2 is 1.92 bits per heavy atom. The second-order valence-electron chi connectivity index (χ2n) is 2.68. The highest BCUT2D eigenvalue weighted by atomic mass is 14.6. The van der Waals surface area contributed by atoms with Gasteiger partial charge in [0.1, 0.15) is 0 Å². The van der Waals surface area contributed by atoms with E-state index in [-0.39, 0.29) is 0 Å². The van der Waals surface area contributed by atoms with Crippen molar-refractivity contribution >= 4 is 11.8 Å². The molecule has 3 N–H and O–H groups in total. The van der Waals surface area contributed by atoms with Gasteiger partial charge in [-0.05, 0) is 17.2 Å². The van der Waals surface area contributed by atoms with Gasteiger partial charge < -0.3 is 11.1 Å². The Hall–Kier alpha value is -1.83. The standard InChI is InChI=1S/C11H12N2/c1-9(7-11(13)8-12)10-5-3-2-4-6-10/h2-8,12H,1,13H2/b11-7+,12-8?. The molecule has 0 spiro atoms. The summed E-state index contributed by atoms with van der Waals surface area (Å²) in [7, 11) is 0. The Morgan fingerprint density at radius 1 is 1.31 bits per heavy atom. The summed E-state index contributed by atoms with van der Waals surface area (Å²) >= 11 is 0. The van der Waals surface area contributed by atoms with Gasteiger partial charge in [0.15, 0.2) is 0 Å². The molecule has 0 fully saturated rings. The van der Waals surface area contributed by atoms with E-state index in [0.29, 0.717) is 5.70 Å². The molecule has 0 unspecified atom stereocenters. The van der Waals surface area contributed by atoms with Gasteiger partial charge in [-0.25, -0.2) is 0 Å². The topological polar surface area (TPSA) is 49.9 Å². The lowest BCUT2D eigenvalue weighted by Crippen LogP contribution is -1.97. The summed E-state index contributed by atoms with van der Waals surface area (Å²) in [6.45, 7) is 3.85. The first-order valence-electron chi connectivity index (χ1n) is 3.96. The zero-order valence-corrected chi connectivity index (χ0v) is 7.33. The van der Waals surface area contributed by atoms with Crippen LogP contribution >= 0.6 is 0 Å². The zero-order chi connectivity index (χ0) is 9.68. The first-order chi connectivity index (χ1) is 6.24. The van der Waals surface area contributed by atoms with Crippen LogP contribution in [0.25, 0.3) is 5.57 Å². The third kappa shape index (κ3) is 2.60. The summed E-state index contributed by atoms with van der Waals surface area (Å²) in [5, 5.41) is 6.91. The minimum absolute atomic E-state index is 0.411. The molecule has 0 heterocycles. The van der Waals surface area contributed by atoms with E-state index < -0.39 is 0 Å². The van der Waals surface area contributed by atoms with E-state index >= 15 is 0 Å². The highest BCUT2D eigenvalue weighted by Crippen LogP contribution is 2.12. The zero-order valence-electron chi connectivity index (χ0n) is 7.33. The Balaban J connectivity index is 2.87. The van der Waals surface area contributed by atoms with Crippen LogP contribution in [0.4, 0.5) is 0 Å². The molecule has 66 valence electrons. The minimum atomic E-state index is 0.411. The SMILES string of the molecule is C=C(/C=C(/N)C=N)c1ccccc1. The van der Waals surface area contributed by atoms with Crippen LogP contribution in [-0.4, -0.2) is 6.21 Å². The first kappa shape index (κ1) is 9.26. The van der Waals surface area contributed by atoms with Crippen LogP contribution in [0.2, 0.25) is 0 Å². The molecule has 0 saturated carbocycles. The summed E-state index contributed by atoms with van der Waals surface area (Å²) < 4.78 is 0. The largest absolute Gasteiger partial charge is 0.397 e. The molecule has 0 radical (unpaired) electrons. The van der Waals surface area contributed by atoms with E-state index in [1.807, 2.05) is 30.3 Å². The molecule has 1 aromatic carbocycles. The average molecular weight is 172 g/mol. The van der Waals surface area contributed by atoms with Gasteiger partial charge in [0.05, 0.1) is 0 Å². The predicted molar refractivity (Wildman–Crippen MR) is 56.5 cm³/mol. The summed E-state index contributed by atoms with van der Waals surface area (Å²) in [6, 6.07) is 9.73. The number of hydrogen-bond donors (Lipinski definition) is 2. The van der Waals surface area contributed by atoms with Crippen molar-refractivity contribution in [3.8, 4) is 0 Å². The molecular formula is C11H12N2. The number of allylic oxidation sites excluding steroid dienone is 3. The van der Waals surface area contributed by atoms with E-state index in [1.165, 1.54) is 0 Å². The highest BCUT2D eigenvalue weighted by molar-refractivity contribution is 5.82. The van der Waals surface area contributed by atoms with Gasteiger partial charge in [0.2, 0.25) is 0 Å². The molecule has 0 aromatic heterocycles. The van der Waals surface area contributed by atoms with Crippen LogP contribution in [0.5, 0.6) is 0 Å². The predicted octanol–water partition coefficient (Wildman–Crippen LogP) is 2.19. The summed E-state index contributed by atoms with van der Waals surface area (Å²) in [6.07, 6.45) is 2.79. The third-order valence-electron chi connectivity index (χ3n) is 1.65. The second kappa shape index (κ2) is 4.26. The summed E-state index contributed by atoms with van der Waals surface area (Å²) in [4.78, 5) is 0. The van der Waals surface area contributed by atoms with Gasteiger partial charge in [-0.15, -0.1) is 0 Å². The van der Waals surface area contributed by atoms with E-state index in [1.54, 1.807) is 6.08 Å². The minimum Gasteiger partial charge on any atom is -0.397 e. The number of rotatable bonds is 3. The number of benzene rings is 1. The van der Waals surface area contributed by atoms with Crippen molar-refractivity contribution in [3.63, 3.8) is 0 Å². The molecule has 2 nitrogen and oxygen atoms in total. The third-order valence-corrected chi connectivity index (χ3v) is 1.65. The fraction of sp³-hybridized carbons (Fsp3) is 0. The van der Waals surface area contributed by atoms with E-state index in [9.17, 15) is 0 Å². The Bertz CT molecular complexity index is 336. The maximum Gasteiger partial charge on any atom is 0.0498 e. The van der Waals surface area contributed by atoms with Crippen molar-refractivity contribution in [1.82, 2.24) is 0 Å². The van der Waals surface area contributed by atoms with Gasteiger partial charge in [0, 0.05) is 11.9 Å². The van der Waals surface area contributed by atoms with Crippen molar-refractivity contribution in [3.05, 3.63) is 54.2 Å². The molecule has 2 heteroatoms. The monoisotopic (exact) mass is 172 g/mol. The lowest BCUT2D eigenvalue weighted by atomic mass is 10.1. The van der Waals surface area contributed by atoms with Crippen molar-refractivity contribution < 1.29 is 0 Å². The number of nitrogens with one attached hydrogen (secondary N) is 1. The van der Waals surface area contributed by atoms with Crippen molar-refractivity contribution in [1.29, 1.82) is 5.41 Å². The van der Waals surface area contributed by atoms with Crippen molar-refractivity contribution in [2.75, 3.05) is 0 Å². The van der Waals surface area contributed by atoms with Gasteiger partial charge in [0.25, 0.3) is 0 Å². The van der Waals surface area contributed by atoms with Crippen LogP contribution in [0.1, 0.15) is 5.56 Å². The van der Waals surface area contributed by atoms with Crippen molar-refractivity contribution in [2.45, 2.75) is 0 Å². The van der Waals surface area contributed by atoms with E-state index in [4.69, 9.17) is 11.1 Å². The number of hydrogen-bond acceptors (Lipinski definition) is 2. The smallest absolute Gasteiger partial charge is 0.0498 e. The lowest BCUT2D eigenvalue weighted by Gasteiger charge is -1.99. The maximum atomic E-state index is 6.91. The normalized spacial score (nSPS) is 10.9. The fourth-order valence-electron chi connectivity index (χ4n) is 0.978. The Morgan fingerprint density at radius 3 is 2.46 bits per heavy atom. The van der Waals surface area contributed by atoms with Crippen LogP contribution in [0.15, 0.2) is 48.7 Å². The molecule has 0 bridgehead atoms. The van der Waals surface area contributed by atoms with Crippen LogP contribution < -0.4 is 5.73 Å². The molecular weight excluding hydrogens is 160 g/mol. The van der Waals surface area contributed by atoms with E-state index in [2.05, 4.69) is 6.58 Å². The molecule has 0 aliphatic rings. The molecule has 0 aliphatic carbocycles. The molecule has 0 atom stereocenters. The molecule has 0 amide bonds. The van der Waals surface area contributed by atoms with Crippen molar-refractivity contribution in [2.24, 2.45) is 5.73 Å². The Kier molecular flexibility index (Phi) is 3.03. The molecule has 1 rings (SSSR count). The lowest BCUT2D eigenvalue weighted by molar-refractivity contribution is 1.44. The van der Waals surface area contributed by atoms with Gasteiger partial charge in [-0.3, -0.25) is 0 Å².